The van der Waals surface area contributed by atoms with Gasteiger partial charge in [-0.3, -0.25) is 4.99 Å². The predicted octanol–water partition coefficient (Wildman–Crippen LogP) is 2.43. The molecule has 1 unspecified atom stereocenters. The van der Waals surface area contributed by atoms with Crippen LogP contribution in [0.25, 0.3) is 0 Å². The fourth-order valence-electron chi connectivity index (χ4n) is 2.44. The molecule has 142 valence electrons. The lowest BCUT2D eigenvalue weighted by Crippen LogP contribution is -2.39. The Kier molecular flexibility index (Phi) is 12.4. The maximum Gasteiger partial charge on any atom is 0.191 e. The average Bonchev–Trinajstić information content (AvgIpc) is 3.14. The van der Waals surface area contributed by atoms with Crippen LogP contribution in [0.5, 0.6) is 5.75 Å². The molecule has 1 saturated heterocycles. The Balaban J connectivity index is 0.00000312. The van der Waals surface area contributed by atoms with E-state index >= 15 is 0 Å². The van der Waals surface area contributed by atoms with Crippen molar-refractivity contribution < 1.29 is 14.2 Å². The minimum atomic E-state index is 0. The highest BCUT2D eigenvalue weighted by Gasteiger charge is 2.14. The van der Waals surface area contributed by atoms with E-state index in [1.54, 1.807) is 7.05 Å². The molecule has 0 aromatic heterocycles. The summed E-state index contributed by atoms with van der Waals surface area (Å²) in [6.45, 7) is 4.42. The fourth-order valence-corrected chi connectivity index (χ4v) is 2.44. The van der Waals surface area contributed by atoms with Crippen LogP contribution in [0.4, 0.5) is 0 Å². The van der Waals surface area contributed by atoms with Gasteiger partial charge < -0.3 is 24.8 Å². The van der Waals surface area contributed by atoms with Gasteiger partial charge in [0.1, 0.15) is 5.75 Å². The Morgan fingerprint density at radius 3 is 2.72 bits per heavy atom. The molecule has 6 nitrogen and oxygen atoms in total. The van der Waals surface area contributed by atoms with Crippen molar-refractivity contribution in [1.82, 2.24) is 10.6 Å². The zero-order valence-electron chi connectivity index (χ0n) is 14.9. The summed E-state index contributed by atoms with van der Waals surface area (Å²) in [5.41, 5.74) is 0. The highest BCUT2D eigenvalue weighted by atomic mass is 127. The molecule has 1 aliphatic rings. The van der Waals surface area contributed by atoms with E-state index in [9.17, 15) is 0 Å². The van der Waals surface area contributed by atoms with E-state index in [1.807, 2.05) is 30.3 Å². The van der Waals surface area contributed by atoms with E-state index in [0.717, 1.165) is 50.7 Å². The first-order valence-electron chi connectivity index (χ1n) is 8.70. The lowest BCUT2D eigenvalue weighted by atomic mass is 10.2. The van der Waals surface area contributed by atoms with Gasteiger partial charge in [-0.15, -0.1) is 24.0 Å². The van der Waals surface area contributed by atoms with Crippen LogP contribution in [-0.2, 0) is 9.47 Å². The standard InChI is InChI=1S/C18H29N3O3.HI/c1-19-18(21-11-14-22-15-17-9-5-12-24-17)20-10-6-13-23-16-7-3-2-4-8-16;/h2-4,7-8,17H,5-6,9-15H2,1H3,(H2,19,20,21);1H. The molecule has 1 aromatic rings. The maximum atomic E-state index is 5.65. The molecule has 1 atom stereocenters. The monoisotopic (exact) mass is 463 g/mol. The van der Waals surface area contributed by atoms with Crippen molar-refractivity contribution in [3.63, 3.8) is 0 Å². The van der Waals surface area contributed by atoms with Crippen molar-refractivity contribution in [3.8, 4) is 5.75 Å². The van der Waals surface area contributed by atoms with Gasteiger partial charge in [0.05, 0.1) is 25.9 Å². The second kappa shape index (κ2) is 14.1. The number of para-hydroxylation sites is 1. The maximum absolute atomic E-state index is 5.65. The third-order valence-electron chi connectivity index (χ3n) is 3.72. The minimum Gasteiger partial charge on any atom is -0.494 e. The minimum absolute atomic E-state index is 0. The molecule has 1 heterocycles. The van der Waals surface area contributed by atoms with Crippen LogP contribution in [0.3, 0.4) is 0 Å². The van der Waals surface area contributed by atoms with Crippen molar-refractivity contribution in [2.75, 3.05) is 46.6 Å². The van der Waals surface area contributed by atoms with Crippen LogP contribution in [0.15, 0.2) is 35.3 Å². The zero-order chi connectivity index (χ0) is 16.9. The third kappa shape index (κ3) is 9.86. The van der Waals surface area contributed by atoms with Crippen LogP contribution in [-0.4, -0.2) is 58.6 Å². The van der Waals surface area contributed by atoms with E-state index in [2.05, 4.69) is 15.6 Å². The van der Waals surface area contributed by atoms with Crippen molar-refractivity contribution in [2.45, 2.75) is 25.4 Å². The lowest BCUT2D eigenvalue weighted by molar-refractivity contribution is 0.0191. The Labute approximate surface area is 167 Å². The molecule has 1 fully saturated rings. The number of rotatable bonds is 10. The molecule has 25 heavy (non-hydrogen) atoms. The summed E-state index contributed by atoms with van der Waals surface area (Å²) >= 11 is 0. The first-order chi connectivity index (χ1) is 11.9. The molecular weight excluding hydrogens is 433 g/mol. The summed E-state index contributed by atoms with van der Waals surface area (Å²) in [6.07, 6.45) is 3.45. The van der Waals surface area contributed by atoms with Gasteiger partial charge in [0, 0.05) is 26.7 Å². The predicted molar refractivity (Wildman–Crippen MR) is 111 cm³/mol. The molecule has 2 rings (SSSR count). The molecule has 7 heteroatoms. The van der Waals surface area contributed by atoms with E-state index < -0.39 is 0 Å². The number of halogens is 1. The van der Waals surface area contributed by atoms with Gasteiger partial charge in [-0.05, 0) is 31.4 Å². The number of hydrogen-bond donors (Lipinski definition) is 2. The second-order valence-corrected chi connectivity index (χ2v) is 5.65. The van der Waals surface area contributed by atoms with E-state index in [4.69, 9.17) is 14.2 Å². The lowest BCUT2D eigenvalue weighted by Gasteiger charge is -2.13. The highest BCUT2D eigenvalue weighted by Crippen LogP contribution is 2.11. The smallest absolute Gasteiger partial charge is 0.191 e. The highest BCUT2D eigenvalue weighted by molar-refractivity contribution is 14.0. The summed E-state index contributed by atoms with van der Waals surface area (Å²) in [5, 5.41) is 6.50. The third-order valence-corrected chi connectivity index (χ3v) is 3.72. The SMILES string of the molecule is CN=C(NCCCOc1ccccc1)NCCOCC1CCCO1.I. The Morgan fingerprint density at radius 1 is 1.20 bits per heavy atom. The first kappa shape index (κ1) is 22.0. The average molecular weight is 463 g/mol. The molecule has 0 amide bonds. The van der Waals surface area contributed by atoms with Gasteiger partial charge in [0.2, 0.25) is 0 Å². The van der Waals surface area contributed by atoms with E-state index in [-0.39, 0.29) is 30.1 Å². The van der Waals surface area contributed by atoms with Crippen LogP contribution < -0.4 is 15.4 Å². The fraction of sp³-hybridized carbons (Fsp3) is 0.611. The topological polar surface area (TPSA) is 64.1 Å². The normalized spacial score (nSPS) is 17.0. The Bertz CT molecular complexity index is 468. The van der Waals surface area contributed by atoms with Gasteiger partial charge in [-0.1, -0.05) is 18.2 Å². The van der Waals surface area contributed by atoms with E-state index in [0.29, 0.717) is 19.8 Å². The Hall–Kier alpha value is -1.06. The van der Waals surface area contributed by atoms with Gasteiger partial charge in [0.25, 0.3) is 0 Å². The molecule has 2 N–H and O–H groups in total. The molecular formula is C18H30IN3O3. The van der Waals surface area contributed by atoms with Gasteiger partial charge >= 0.3 is 0 Å². The van der Waals surface area contributed by atoms with Crippen molar-refractivity contribution in [2.24, 2.45) is 4.99 Å². The molecule has 0 spiro atoms. The summed E-state index contributed by atoms with van der Waals surface area (Å²) in [5.74, 6) is 1.69. The number of ether oxygens (including phenoxy) is 3. The van der Waals surface area contributed by atoms with Crippen molar-refractivity contribution in [3.05, 3.63) is 30.3 Å². The molecule has 1 aromatic carbocycles. The van der Waals surface area contributed by atoms with E-state index in [1.165, 1.54) is 0 Å². The number of guanidine groups is 1. The van der Waals surface area contributed by atoms with Gasteiger partial charge in [-0.2, -0.15) is 0 Å². The quantitative estimate of drug-likeness (QED) is 0.242. The molecule has 0 bridgehead atoms. The number of nitrogens with one attached hydrogen (secondary N) is 2. The largest absolute Gasteiger partial charge is 0.494 e. The Morgan fingerprint density at radius 2 is 2.00 bits per heavy atom. The van der Waals surface area contributed by atoms with Crippen LogP contribution >= 0.6 is 24.0 Å². The van der Waals surface area contributed by atoms with Crippen LogP contribution in [0, 0.1) is 0 Å². The van der Waals surface area contributed by atoms with Crippen molar-refractivity contribution in [1.29, 1.82) is 0 Å². The molecule has 0 radical (unpaired) electrons. The summed E-state index contributed by atoms with van der Waals surface area (Å²) in [7, 11) is 1.77. The van der Waals surface area contributed by atoms with Crippen LogP contribution in [0.1, 0.15) is 19.3 Å². The zero-order valence-corrected chi connectivity index (χ0v) is 17.2. The van der Waals surface area contributed by atoms with Gasteiger partial charge in [0.15, 0.2) is 5.96 Å². The summed E-state index contributed by atoms with van der Waals surface area (Å²) in [4.78, 5) is 4.19. The second-order valence-electron chi connectivity index (χ2n) is 5.65. The number of hydrogen-bond acceptors (Lipinski definition) is 4. The molecule has 0 saturated carbocycles. The van der Waals surface area contributed by atoms with Crippen LogP contribution in [0.2, 0.25) is 0 Å². The molecule has 1 aliphatic heterocycles. The van der Waals surface area contributed by atoms with Gasteiger partial charge in [-0.25, -0.2) is 0 Å². The number of nitrogens with zero attached hydrogens (tertiary/aromatic N) is 1. The number of aliphatic imine (C=N–C) groups is 1. The molecule has 0 aliphatic carbocycles. The number of benzene rings is 1. The summed E-state index contributed by atoms with van der Waals surface area (Å²) in [6, 6.07) is 9.85. The summed E-state index contributed by atoms with van der Waals surface area (Å²) < 4.78 is 16.8. The first-order valence-corrected chi connectivity index (χ1v) is 8.70. The van der Waals surface area contributed by atoms with Crippen molar-refractivity contribution >= 4 is 29.9 Å².